The van der Waals surface area contributed by atoms with Crippen LogP contribution >= 0.6 is 11.3 Å². The van der Waals surface area contributed by atoms with Crippen LogP contribution in [-0.2, 0) is 13.1 Å². The predicted molar refractivity (Wildman–Crippen MR) is 82.1 cm³/mol. The van der Waals surface area contributed by atoms with Gasteiger partial charge in [-0.2, -0.15) is 0 Å². The van der Waals surface area contributed by atoms with Crippen LogP contribution in [0.25, 0.3) is 4.96 Å². The number of thiazole rings is 1. The minimum Gasteiger partial charge on any atom is -0.307 e. The quantitative estimate of drug-likeness (QED) is 0.801. The molecule has 0 unspecified atom stereocenters. The fourth-order valence-electron chi connectivity index (χ4n) is 2.34. The molecule has 0 fully saturated rings. The highest BCUT2D eigenvalue weighted by Gasteiger charge is 2.10. The molecule has 0 bridgehead atoms. The van der Waals surface area contributed by atoms with Crippen LogP contribution in [0.1, 0.15) is 27.4 Å². The lowest BCUT2D eigenvalue weighted by atomic mass is 10.1. The van der Waals surface area contributed by atoms with Gasteiger partial charge < -0.3 is 5.32 Å². The Morgan fingerprint density at radius 2 is 2.10 bits per heavy atom. The predicted octanol–water partition coefficient (Wildman–Crippen LogP) is 3.01. The van der Waals surface area contributed by atoms with Gasteiger partial charge in [-0.15, -0.1) is 11.3 Å². The van der Waals surface area contributed by atoms with Crippen molar-refractivity contribution < 1.29 is 0 Å². The highest BCUT2D eigenvalue weighted by Crippen LogP contribution is 2.20. The first-order valence-corrected chi connectivity index (χ1v) is 7.51. The van der Waals surface area contributed by atoms with Gasteiger partial charge in [-0.25, -0.2) is 4.98 Å². The first-order valence-electron chi connectivity index (χ1n) is 6.69. The highest BCUT2D eigenvalue weighted by molar-refractivity contribution is 7.17. The molecule has 3 heterocycles. The summed E-state index contributed by atoms with van der Waals surface area (Å²) in [6.45, 7) is 7.96. The van der Waals surface area contributed by atoms with Crippen molar-refractivity contribution in [3.05, 3.63) is 52.0 Å². The largest absolute Gasteiger partial charge is 0.307 e. The molecule has 0 radical (unpaired) electrons. The fraction of sp³-hybridized carbons (Fsp3) is 0.333. The van der Waals surface area contributed by atoms with Gasteiger partial charge in [-0.05, 0) is 38.0 Å². The topological polar surface area (TPSA) is 42.2 Å². The Labute approximate surface area is 122 Å². The molecule has 3 aromatic heterocycles. The van der Waals surface area contributed by atoms with Crippen molar-refractivity contribution in [1.29, 1.82) is 0 Å². The second kappa shape index (κ2) is 5.34. The molecule has 0 saturated carbocycles. The number of hydrogen-bond donors (Lipinski definition) is 1. The number of rotatable bonds is 4. The normalized spacial score (nSPS) is 11.3. The van der Waals surface area contributed by atoms with Gasteiger partial charge in [0.2, 0.25) is 0 Å². The van der Waals surface area contributed by atoms with E-state index in [-0.39, 0.29) is 0 Å². The van der Waals surface area contributed by atoms with Gasteiger partial charge in [0.25, 0.3) is 0 Å². The van der Waals surface area contributed by atoms with Crippen molar-refractivity contribution in [1.82, 2.24) is 19.7 Å². The van der Waals surface area contributed by atoms with E-state index in [0.717, 1.165) is 23.7 Å². The number of pyridine rings is 1. The maximum Gasteiger partial charge on any atom is 0.194 e. The van der Waals surface area contributed by atoms with Crippen LogP contribution in [0.15, 0.2) is 24.7 Å². The van der Waals surface area contributed by atoms with Crippen LogP contribution in [0.4, 0.5) is 0 Å². The van der Waals surface area contributed by atoms with E-state index in [9.17, 15) is 0 Å². The molecule has 0 spiro atoms. The standard InChI is InChI=1S/C15H18N4S/c1-10-6-16-5-4-13(10)7-17-8-14-12(3)18-15-19(14)9-11(2)20-15/h4-6,9,17H,7-8H2,1-3H3. The number of aromatic nitrogens is 3. The van der Waals surface area contributed by atoms with Crippen LogP contribution < -0.4 is 5.32 Å². The molecule has 3 rings (SSSR count). The molecule has 0 aliphatic heterocycles. The summed E-state index contributed by atoms with van der Waals surface area (Å²) in [6, 6.07) is 2.07. The van der Waals surface area contributed by atoms with Crippen molar-refractivity contribution in [2.24, 2.45) is 0 Å². The summed E-state index contributed by atoms with van der Waals surface area (Å²) in [5.74, 6) is 0. The summed E-state index contributed by atoms with van der Waals surface area (Å²) in [5, 5.41) is 3.50. The molecule has 104 valence electrons. The number of fused-ring (bicyclic) bond motifs is 1. The Balaban J connectivity index is 1.74. The van der Waals surface area contributed by atoms with E-state index >= 15 is 0 Å². The van der Waals surface area contributed by atoms with Crippen LogP contribution in [0, 0.1) is 20.8 Å². The third-order valence-electron chi connectivity index (χ3n) is 3.49. The zero-order valence-corrected chi connectivity index (χ0v) is 12.8. The average molecular weight is 286 g/mol. The second-order valence-electron chi connectivity index (χ2n) is 5.04. The molecular weight excluding hydrogens is 268 g/mol. The first-order chi connectivity index (χ1) is 9.65. The lowest BCUT2D eigenvalue weighted by Crippen LogP contribution is -2.15. The molecule has 5 heteroatoms. The zero-order valence-electron chi connectivity index (χ0n) is 12.0. The minimum absolute atomic E-state index is 0.824. The number of imidazole rings is 1. The maximum atomic E-state index is 4.61. The smallest absolute Gasteiger partial charge is 0.194 e. The van der Waals surface area contributed by atoms with Gasteiger partial charge in [0, 0.05) is 36.6 Å². The van der Waals surface area contributed by atoms with Gasteiger partial charge in [-0.3, -0.25) is 9.38 Å². The van der Waals surface area contributed by atoms with E-state index in [1.807, 2.05) is 12.4 Å². The second-order valence-corrected chi connectivity index (χ2v) is 6.26. The van der Waals surface area contributed by atoms with Crippen LogP contribution in [-0.4, -0.2) is 14.4 Å². The molecule has 0 aliphatic rings. The molecule has 0 amide bonds. The first kappa shape index (κ1) is 13.3. The van der Waals surface area contributed by atoms with Crippen LogP contribution in [0.2, 0.25) is 0 Å². The maximum absolute atomic E-state index is 4.61. The highest BCUT2D eigenvalue weighted by atomic mass is 32.1. The van der Waals surface area contributed by atoms with E-state index in [4.69, 9.17) is 0 Å². The van der Waals surface area contributed by atoms with E-state index in [0.29, 0.717) is 0 Å². The molecule has 0 aliphatic carbocycles. The van der Waals surface area contributed by atoms with Gasteiger partial charge in [-0.1, -0.05) is 0 Å². The third kappa shape index (κ3) is 2.46. The number of nitrogens with zero attached hydrogens (tertiary/aromatic N) is 3. The molecule has 0 atom stereocenters. The molecule has 20 heavy (non-hydrogen) atoms. The third-order valence-corrected chi connectivity index (χ3v) is 4.38. The summed E-state index contributed by atoms with van der Waals surface area (Å²) in [5.41, 5.74) is 4.87. The Bertz CT molecular complexity index is 741. The van der Waals surface area contributed by atoms with Crippen molar-refractivity contribution in [2.75, 3.05) is 0 Å². The zero-order chi connectivity index (χ0) is 14.1. The summed E-state index contributed by atoms with van der Waals surface area (Å²) < 4.78 is 2.20. The van der Waals surface area contributed by atoms with Crippen LogP contribution in [0.5, 0.6) is 0 Å². The summed E-state index contributed by atoms with van der Waals surface area (Å²) in [7, 11) is 0. The van der Waals surface area contributed by atoms with E-state index in [1.54, 1.807) is 11.3 Å². The summed E-state index contributed by atoms with van der Waals surface area (Å²) in [4.78, 5) is 11.1. The molecule has 4 nitrogen and oxygen atoms in total. The number of aryl methyl sites for hydroxylation is 3. The summed E-state index contributed by atoms with van der Waals surface area (Å²) >= 11 is 1.74. The monoisotopic (exact) mass is 286 g/mol. The van der Waals surface area contributed by atoms with Crippen molar-refractivity contribution >= 4 is 16.3 Å². The Hall–Kier alpha value is -1.72. The lowest BCUT2D eigenvalue weighted by molar-refractivity contribution is 0.669. The molecule has 0 saturated heterocycles. The van der Waals surface area contributed by atoms with Gasteiger partial charge in [0.15, 0.2) is 4.96 Å². The van der Waals surface area contributed by atoms with E-state index in [1.165, 1.54) is 21.7 Å². The summed E-state index contributed by atoms with van der Waals surface area (Å²) in [6.07, 6.45) is 5.91. The molecular formula is C15H18N4S. The van der Waals surface area contributed by atoms with E-state index in [2.05, 4.69) is 52.7 Å². The lowest BCUT2D eigenvalue weighted by Gasteiger charge is -2.07. The fourth-order valence-corrected chi connectivity index (χ4v) is 3.23. The molecule has 0 aromatic carbocycles. The van der Waals surface area contributed by atoms with Crippen LogP contribution in [0.3, 0.4) is 0 Å². The molecule has 1 N–H and O–H groups in total. The molecule has 3 aromatic rings. The van der Waals surface area contributed by atoms with Crippen molar-refractivity contribution in [3.8, 4) is 0 Å². The SMILES string of the molecule is Cc1cn2c(CNCc3ccncc3C)c(C)nc2s1. The average Bonchev–Trinajstić information content (AvgIpc) is 2.89. The van der Waals surface area contributed by atoms with Gasteiger partial charge >= 0.3 is 0 Å². The minimum atomic E-state index is 0.824. The van der Waals surface area contributed by atoms with Crippen molar-refractivity contribution in [2.45, 2.75) is 33.9 Å². The Morgan fingerprint density at radius 1 is 1.25 bits per heavy atom. The van der Waals surface area contributed by atoms with Gasteiger partial charge in [0.1, 0.15) is 0 Å². The Kier molecular flexibility index (Phi) is 3.54. The number of nitrogens with one attached hydrogen (secondary N) is 1. The van der Waals surface area contributed by atoms with Gasteiger partial charge in [0.05, 0.1) is 11.4 Å². The van der Waals surface area contributed by atoms with Crippen molar-refractivity contribution in [3.63, 3.8) is 0 Å². The number of hydrogen-bond acceptors (Lipinski definition) is 4. The Morgan fingerprint density at radius 3 is 2.90 bits per heavy atom. The van der Waals surface area contributed by atoms with E-state index < -0.39 is 0 Å².